The largest absolute Gasteiger partial charge is 0.485 e. The Bertz CT molecular complexity index is 565. The summed E-state index contributed by atoms with van der Waals surface area (Å²) in [6.07, 6.45) is 4.03. The number of hydrogen-bond acceptors (Lipinski definition) is 4. The van der Waals surface area contributed by atoms with Gasteiger partial charge in [0.1, 0.15) is 0 Å². The fourth-order valence-electron chi connectivity index (χ4n) is 2.40. The zero-order chi connectivity index (χ0) is 17.4. The number of benzene rings is 1. The van der Waals surface area contributed by atoms with Crippen LogP contribution in [0.5, 0.6) is 0 Å². The topological polar surface area (TPSA) is 55.5 Å². The number of rotatable bonds is 9. The molecule has 0 fully saturated rings. The molecule has 4 heteroatoms. The number of aliphatic hydroxyl groups is 1. The van der Waals surface area contributed by atoms with Crippen LogP contribution in [0, 0.1) is 0 Å². The molecule has 3 N–H and O–H groups in total. The first kappa shape index (κ1) is 19.8. The van der Waals surface area contributed by atoms with Gasteiger partial charge in [0.25, 0.3) is 0 Å². The maximum absolute atomic E-state index is 9.66. The summed E-state index contributed by atoms with van der Waals surface area (Å²) in [5, 5.41) is 10.5. The zero-order valence-electron chi connectivity index (χ0n) is 14.7. The Balaban J connectivity index is 3.11. The molecule has 0 aliphatic rings. The van der Waals surface area contributed by atoms with E-state index < -0.39 is 0 Å². The summed E-state index contributed by atoms with van der Waals surface area (Å²) in [7, 11) is 0. The molecule has 0 amide bonds. The second-order valence-corrected chi connectivity index (χ2v) is 6.78. The van der Waals surface area contributed by atoms with Crippen molar-refractivity contribution in [2.24, 2.45) is 5.73 Å². The first-order chi connectivity index (χ1) is 11.0. The minimum absolute atomic E-state index is 0.0261. The van der Waals surface area contributed by atoms with Gasteiger partial charge in [-0.05, 0) is 61.6 Å². The summed E-state index contributed by atoms with van der Waals surface area (Å²) >= 11 is 1.53. The molecule has 0 atom stereocenters. The molecule has 0 radical (unpaired) electrons. The number of thioether (sulfide) groups is 1. The van der Waals surface area contributed by atoms with E-state index in [1.54, 1.807) is 0 Å². The first-order valence-electron chi connectivity index (χ1n) is 8.12. The van der Waals surface area contributed by atoms with E-state index in [1.165, 1.54) is 11.8 Å². The number of aliphatic hydroxyl groups excluding tert-OH is 1. The van der Waals surface area contributed by atoms with Crippen LogP contribution in [0.3, 0.4) is 0 Å². The van der Waals surface area contributed by atoms with Gasteiger partial charge in [-0.25, -0.2) is 0 Å². The van der Waals surface area contributed by atoms with Crippen LogP contribution in [0.2, 0.25) is 0 Å². The van der Waals surface area contributed by atoms with E-state index >= 15 is 0 Å². The maximum Gasteiger partial charge on any atom is 0.154 e. The quantitative estimate of drug-likeness (QED) is 0.649. The lowest BCUT2D eigenvalue weighted by Gasteiger charge is -2.17. The van der Waals surface area contributed by atoms with Crippen LogP contribution in [0.25, 0.3) is 4.91 Å². The third kappa shape index (κ3) is 5.72. The molecule has 1 rings (SSSR count). The van der Waals surface area contributed by atoms with Crippen molar-refractivity contribution < 1.29 is 9.84 Å². The highest BCUT2D eigenvalue weighted by Gasteiger charge is 2.13. The molecule has 1 aromatic rings. The lowest BCUT2D eigenvalue weighted by molar-refractivity contribution is 0.170. The van der Waals surface area contributed by atoms with E-state index in [2.05, 4.69) is 19.6 Å². The molecule has 0 saturated heterocycles. The van der Waals surface area contributed by atoms with E-state index in [4.69, 9.17) is 10.5 Å². The molecule has 0 saturated carbocycles. The maximum atomic E-state index is 9.66. The Kier molecular flexibility index (Phi) is 8.45. The SMILES string of the molecule is C=C(S/C(=C\C)OC(C)C)c1cc(CN)c(CO)c(CCC)c1. The molecule has 0 bridgehead atoms. The second kappa shape index (κ2) is 9.81. The van der Waals surface area contributed by atoms with Crippen LogP contribution in [0.4, 0.5) is 0 Å². The zero-order valence-corrected chi connectivity index (χ0v) is 15.5. The van der Waals surface area contributed by atoms with Crippen LogP contribution in [-0.4, -0.2) is 11.2 Å². The Morgan fingerprint density at radius 2 is 2.04 bits per heavy atom. The van der Waals surface area contributed by atoms with Crippen molar-refractivity contribution in [3.8, 4) is 0 Å². The molecule has 0 aliphatic carbocycles. The van der Waals surface area contributed by atoms with Gasteiger partial charge in [-0.2, -0.15) is 0 Å². The van der Waals surface area contributed by atoms with Gasteiger partial charge in [0.15, 0.2) is 5.09 Å². The summed E-state index contributed by atoms with van der Waals surface area (Å²) in [6.45, 7) is 12.7. The molecule has 128 valence electrons. The smallest absolute Gasteiger partial charge is 0.154 e. The van der Waals surface area contributed by atoms with Gasteiger partial charge < -0.3 is 15.6 Å². The third-order valence-corrected chi connectivity index (χ3v) is 4.48. The normalized spacial score (nSPS) is 11.9. The number of allylic oxidation sites excluding steroid dienone is 1. The first-order valence-corrected chi connectivity index (χ1v) is 8.94. The van der Waals surface area contributed by atoms with Crippen LogP contribution < -0.4 is 5.73 Å². The average Bonchev–Trinajstić information content (AvgIpc) is 2.53. The van der Waals surface area contributed by atoms with Gasteiger partial charge in [0, 0.05) is 11.4 Å². The van der Waals surface area contributed by atoms with Gasteiger partial charge in [0.05, 0.1) is 12.7 Å². The highest BCUT2D eigenvalue weighted by molar-refractivity contribution is 8.11. The summed E-state index contributed by atoms with van der Waals surface area (Å²) in [5.74, 6) is 0. The van der Waals surface area contributed by atoms with Gasteiger partial charge in [-0.1, -0.05) is 37.8 Å². The van der Waals surface area contributed by atoms with E-state index in [9.17, 15) is 5.11 Å². The summed E-state index contributed by atoms with van der Waals surface area (Å²) < 4.78 is 5.77. The Labute approximate surface area is 144 Å². The lowest BCUT2D eigenvalue weighted by atomic mass is 9.95. The Hall–Kier alpha value is -1.23. The third-order valence-electron chi connectivity index (χ3n) is 3.47. The van der Waals surface area contributed by atoms with Crippen LogP contribution >= 0.6 is 11.8 Å². The molecule has 0 unspecified atom stereocenters. The average molecular weight is 336 g/mol. The van der Waals surface area contributed by atoms with Crippen molar-refractivity contribution in [2.75, 3.05) is 0 Å². The monoisotopic (exact) mass is 335 g/mol. The summed E-state index contributed by atoms with van der Waals surface area (Å²) in [4.78, 5) is 0.926. The van der Waals surface area contributed by atoms with E-state index in [0.29, 0.717) is 6.54 Å². The predicted octanol–water partition coefficient (Wildman–Crippen LogP) is 4.58. The highest BCUT2D eigenvalue weighted by Crippen LogP contribution is 2.35. The number of hydrogen-bond donors (Lipinski definition) is 2. The summed E-state index contributed by atoms with van der Waals surface area (Å²) in [5.41, 5.74) is 10.0. The number of aryl methyl sites for hydroxylation is 1. The predicted molar refractivity (Wildman–Crippen MR) is 101 cm³/mol. The van der Waals surface area contributed by atoms with Crippen molar-refractivity contribution in [2.45, 2.75) is 59.8 Å². The highest BCUT2D eigenvalue weighted by atomic mass is 32.2. The molecule has 0 aliphatic heterocycles. The van der Waals surface area contributed by atoms with Crippen LogP contribution in [-0.2, 0) is 24.3 Å². The molecule has 1 aromatic carbocycles. The minimum atomic E-state index is 0.0261. The van der Waals surface area contributed by atoms with Crippen molar-refractivity contribution in [1.29, 1.82) is 0 Å². The molecular formula is C19H29NO2S. The lowest BCUT2D eigenvalue weighted by Crippen LogP contribution is -2.07. The molecule has 0 spiro atoms. The Morgan fingerprint density at radius 1 is 1.39 bits per heavy atom. The summed E-state index contributed by atoms with van der Waals surface area (Å²) in [6, 6.07) is 4.15. The van der Waals surface area contributed by atoms with E-state index in [0.717, 1.165) is 45.1 Å². The van der Waals surface area contributed by atoms with Gasteiger partial charge in [-0.3, -0.25) is 0 Å². The molecule has 3 nitrogen and oxygen atoms in total. The van der Waals surface area contributed by atoms with Gasteiger partial charge in [-0.15, -0.1) is 0 Å². The molecule has 0 aromatic heterocycles. The van der Waals surface area contributed by atoms with E-state index in [-0.39, 0.29) is 12.7 Å². The number of nitrogens with two attached hydrogens (primary N) is 1. The van der Waals surface area contributed by atoms with E-state index in [1.807, 2.05) is 32.9 Å². The standard InChI is InChI=1S/C19H29NO2S/c1-6-8-15-9-16(10-17(11-20)18(15)12-21)14(5)23-19(7-2)22-13(3)4/h7,9-10,13,21H,5-6,8,11-12,20H2,1-4H3/b19-7-. The molecular weight excluding hydrogens is 306 g/mol. The second-order valence-electron chi connectivity index (χ2n) is 5.68. The van der Waals surface area contributed by atoms with Crippen molar-refractivity contribution in [1.82, 2.24) is 0 Å². The van der Waals surface area contributed by atoms with Crippen LogP contribution in [0.15, 0.2) is 29.9 Å². The fraction of sp³-hybridized carbons (Fsp3) is 0.474. The fourth-order valence-corrected chi connectivity index (χ4v) is 3.24. The van der Waals surface area contributed by atoms with Crippen molar-refractivity contribution in [3.63, 3.8) is 0 Å². The molecule has 0 heterocycles. The van der Waals surface area contributed by atoms with Gasteiger partial charge >= 0.3 is 0 Å². The minimum Gasteiger partial charge on any atom is -0.485 e. The van der Waals surface area contributed by atoms with Gasteiger partial charge in [0.2, 0.25) is 0 Å². The Morgan fingerprint density at radius 3 is 2.52 bits per heavy atom. The number of ether oxygens (including phenoxy) is 1. The van der Waals surface area contributed by atoms with Crippen molar-refractivity contribution >= 4 is 16.7 Å². The van der Waals surface area contributed by atoms with Crippen LogP contribution in [0.1, 0.15) is 56.4 Å². The van der Waals surface area contributed by atoms with Crippen molar-refractivity contribution in [3.05, 3.63) is 52.1 Å². The molecule has 23 heavy (non-hydrogen) atoms.